The highest BCUT2D eigenvalue weighted by molar-refractivity contribution is 7.17. The number of nitrogens with one attached hydrogen (secondary N) is 1. The number of rotatable bonds is 8. The van der Waals surface area contributed by atoms with Crippen LogP contribution in [0.1, 0.15) is 10.4 Å². The van der Waals surface area contributed by atoms with Crippen LogP contribution in [0.15, 0.2) is 51.9 Å². The quantitative estimate of drug-likeness (QED) is 0.255. The van der Waals surface area contributed by atoms with Crippen LogP contribution < -0.4 is 20.8 Å². The minimum atomic E-state index is -0.466. The van der Waals surface area contributed by atoms with E-state index in [0.717, 1.165) is 11.3 Å². The normalized spacial score (nSPS) is 14.4. The van der Waals surface area contributed by atoms with Gasteiger partial charge in [-0.15, -0.1) is 0 Å². The third-order valence-corrected chi connectivity index (χ3v) is 7.97. The lowest BCUT2D eigenvalue weighted by molar-refractivity contribution is 0.0944. The van der Waals surface area contributed by atoms with Crippen molar-refractivity contribution in [3.05, 3.63) is 63.7 Å². The summed E-state index contributed by atoms with van der Waals surface area (Å²) in [5.74, 6) is -0.115. The van der Waals surface area contributed by atoms with E-state index in [0.29, 0.717) is 72.3 Å². The van der Waals surface area contributed by atoms with Gasteiger partial charge in [0.1, 0.15) is 16.2 Å². The molecule has 0 bridgehead atoms. The van der Waals surface area contributed by atoms with Gasteiger partial charge in [-0.3, -0.25) is 19.1 Å². The molecule has 0 radical (unpaired) electrons. The first kappa shape index (κ1) is 26.0. The topological polar surface area (TPSA) is 147 Å². The third-order valence-electron chi connectivity index (χ3n) is 6.98. The van der Waals surface area contributed by atoms with Crippen LogP contribution in [0.5, 0.6) is 0 Å². The standard InChI is InChI=1S/C26H27FN8O4S/c27-17-14-16(24(37)29-5-12-36)3-4-19(17)33-9-6-32(7-10-33)8-11-34-23-22(40-26(34)38)20-15-18(21-2-1-13-39-21)31-35(20)25(28)30-23/h1-4,13-15,36H,5-12H2,(H2,28,30)(H,29,37). The minimum absolute atomic E-state index is 0.113. The third kappa shape index (κ3) is 4.80. The van der Waals surface area contributed by atoms with Gasteiger partial charge in [-0.2, -0.15) is 14.6 Å². The Labute approximate surface area is 231 Å². The number of furan rings is 1. The van der Waals surface area contributed by atoms with Gasteiger partial charge in [0.25, 0.3) is 5.91 Å². The Morgan fingerprint density at radius 2 is 2.00 bits per heavy atom. The number of benzene rings is 1. The number of halogens is 1. The van der Waals surface area contributed by atoms with Crippen LogP contribution in [-0.4, -0.2) is 81.0 Å². The molecule has 208 valence electrons. The summed E-state index contributed by atoms with van der Waals surface area (Å²) in [4.78, 5) is 33.5. The summed E-state index contributed by atoms with van der Waals surface area (Å²) in [6.45, 7) is 3.56. The maximum Gasteiger partial charge on any atom is 0.309 e. The largest absolute Gasteiger partial charge is 0.463 e. The van der Waals surface area contributed by atoms with Crippen LogP contribution in [0.4, 0.5) is 16.0 Å². The zero-order valence-electron chi connectivity index (χ0n) is 21.4. The van der Waals surface area contributed by atoms with Crippen molar-refractivity contribution in [2.75, 3.05) is 56.5 Å². The van der Waals surface area contributed by atoms with E-state index in [4.69, 9.17) is 15.3 Å². The molecule has 40 heavy (non-hydrogen) atoms. The number of amides is 1. The molecule has 1 amide bonds. The number of carbonyl (C=O) groups excluding carboxylic acids is 1. The second-order valence-electron chi connectivity index (χ2n) is 9.42. The highest BCUT2D eigenvalue weighted by Gasteiger charge is 2.22. The van der Waals surface area contributed by atoms with E-state index in [9.17, 15) is 14.0 Å². The minimum Gasteiger partial charge on any atom is -0.463 e. The molecule has 1 aromatic carbocycles. The molecule has 0 saturated carbocycles. The zero-order valence-corrected chi connectivity index (χ0v) is 22.2. The fourth-order valence-electron chi connectivity index (χ4n) is 4.92. The molecule has 0 unspecified atom stereocenters. The number of thiazole rings is 1. The first-order valence-corrected chi connectivity index (χ1v) is 13.6. The summed E-state index contributed by atoms with van der Waals surface area (Å²) < 4.78 is 24.1. The molecular weight excluding hydrogens is 539 g/mol. The van der Waals surface area contributed by atoms with Crippen molar-refractivity contribution < 1.29 is 18.7 Å². The van der Waals surface area contributed by atoms with E-state index >= 15 is 0 Å². The molecule has 12 nitrogen and oxygen atoms in total. The van der Waals surface area contributed by atoms with E-state index in [1.807, 2.05) is 11.0 Å². The Bertz CT molecular complexity index is 1740. The first-order chi connectivity index (χ1) is 19.4. The molecule has 5 heterocycles. The number of nitrogens with zero attached hydrogens (tertiary/aromatic N) is 6. The smallest absolute Gasteiger partial charge is 0.309 e. The van der Waals surface area contributed by atoms with Gasteiger partial charge >= 0.3 is 4.87 Å². The van der Waals surface area contributed by atoms with Crippen molar-refractivity contribution in [2.24, 2.45) is 0 Å². The predicted molar refractivity (Wildman–Crippen MR) is 149 cm³/mol. The van der Waals surface area contributed by atoms with Crippen LogP contribution in [0.2, 0.25) is 0 Å². The van der Waals surface area contributed by atoms with Crippen LogP contribution in [-0.2, 0) is 6.54 Å². The molecule has 0 spiro atoms. The molecule has 4 aromatic heterocycles. The number of nitrogen functional groups attached to an aromatic ring is 1. The molecule has 5 aromatic rings. The molecule has 0 aliphatic carbocycles. The number of aromatic nitrogens is 4. The summed E-state index contributed by atoms with van der Waals surface area (Å²) in [6.07, 6.45) is 1.57. The van der Waals surface area contributed by atoms with E-state index < -0.39 is 11.7 Å². The molecule has 1 saturated heterocycles. The zero-order chi connectivity index (χ0) is 27.8. The molecule has 0 atom stereocenters. The lowest BCUT2D eigenvalue weighted by atomic mass is 10.1. The van der Waals surface area contributed by atoms with Crippen LogP contribution >= 0.6 is 11.3 Å². The van der Waals surface area contributed by atoms with Crippen molar-refractivity contribution in [1.29, 1.82) is 0 Å². The van der Waals surface area contributed by atoms with Crippen molar-refractivity contribution in [2.45, 2.75) is 6.54 Å². The molecule has 1 aliphatic rings. The number of aliphatic hydroxyl groups is 1. The van der Waals surface area contributed by atoms with Gasteiger partial charge in [-0.1, -0.05) is 11.3 Å². The molecule has 1 aliphatic heterocycles. The maximum absolute atomic E-state index is 14.8. The van der Waals surface area contributed by atoms with E-state index in [-0.39, 0.29) is 29.5 Å². The second kappa shape index (κ2) is 10.7. The number of nitrogens with two attached hydrogens (primary N) is 1. The lowest BCUT2D eigenvalue weighted by Gasteiger charge is -2.36. The molecule has 1 fully saturated rings. The van der Waals surface area contributed by atoms with E-state index in [1.54, 1.807) is 35.1 Å². The van der Waals surface area contributed by atoms with Crippen molar-refractivity contribution in [1.82, 2.24) is 29.4 Å². The highest BCUT2D eigenvalue weighted by Crippen LogP contribution is 2.28. The highest BCUT2D eigenvalue weighted by atomic mass is 32.1. The fourth-order valence-corrected chi connectivity index (χ4v) is 5.88. The molecule has 4 N–H and O–H groups in total. The van der Waals surface area contributed by atoms with Gasteiger partial charge in [-0.05, 0) is 36.4 Å². The van der Waals surface area contributed by atoms with Gasteiger partial charge in [-0.25, -0.2) is 4.39 Å². The Morgan fingerprint density at radius 1 is 1.18 bits per heavy atom. The van der Waals surface area contributed by atoms with Gasteiger partial charge in [0.2, 0.25) is 5.95 Å². The molecular formula is C26H27FN8O4S. The first-order valence-electron chi connectivity index (χ1n) is 12.8. The number of piperazine rings is 1. The molecule has 14 heteroatoms. The fraction of sp³-hybridized carbons (Fsp3) is 0.308. The van der Waals surface area contributed by atoms with Gasteiger partial charge in [0, 0.05) is 51.4 Å². The number of anilines is 2. The number of hydrogen-bond donors (Lipinski definition) is 3. The second-order valence-corrected chi connectivity index (χ2v) is 10.4. The summed E-state index contributed by atoms with van der Waals surface area (Å²) in [6, 6.07) is 9.83. The van der Waals surface area contributed by atoms with Gasteiger partial charge in [0.05, 0.1) is 24.1 Å². The monoisotopic (exact) mass is 566 g/mol. The van der Waals surface area contributed by atoms with Crippen molar-refractivity contribution >= 4 is 44.7 Å². The Hall–Kier alpha value is -4.27. The number of carbonyl (C=O) groups is 1. The van der Waals surface area contributed by atoms with E-state index in [1.165, 1.54) is 10.6 Å². The predicted octanol–water partition coefficient (Wildman–Crippen LogP) is 1.63. The number of hydrogen-bond acceptors (Lipinski definition) is 10. The van der Waals surface area contributed by atoms with Crippen LogP contribution in [0.3, 0.4) is 0 Å². The summed E-state index contributed by atoms with van der Waals surface area (Å²) in [7, 11) is 0. The van der Waals surface area contributed by atoms with Gasteiger partial charge < -0.3 is 25.5 Å². The maximum atomic E-state index is 14.8. The molecule has 6 rings (SSSR count). The average Bonchev–Trinajstić information content (AvgIpc) is 3.70. The van der Waals surface area contributed by atoms with Gasteiger partial charge in [0.15, 0.2) is 11.4 Å². The Morgan fingerprint density at radius 3 is 2.73 bits per heavy atom. The summed E-state index contributed by atoms with van der Waals surface area (Å²) in [5, 5.41) is 15.9. The van der Waals surface area contributed by atoms with Crippen molar-refractivity contribution in [3.63, 3.8) is 0 Å². The summed E-state index contributed by atoms with van der Waals surface area (Å²) in [5.41, 5.74) is 8.68. The summed E-state index contributed by atoms with van der Waals surface area (Å²) >= 11 is 1.11. The number of fused-ring (bicyclic) bond motifs is 3. The Kier molecular flexibility index (Phi) is 6.96. The van der Waals surface area contributed by atoms with Crippen molar-refractivity contribution in [3.8, 4) is 11.5 Å². The Balaban J connectivity index is 1.13. The van der Waals surface area contributed by atoms with Crippen LogP contribution in [0.25, 0.3) is 27.3 Å². The van der Waals surface area contributed by atoms with E-state index in [2.05, 4.69) is 20.3 Å². The SMILES string of the molecule is Nc1nc2c(sc(=O)n2CCN2CCN(c3ccc(C(=O)NCCO)cc3F)CC2)c2cc(-c3ccco3)nn12. The lowest BCUT2D eigenvalue weighted by Crippen LogP contribution is -2.47. The average molecular weight is 567 g/mol. The van der Waals surface area contributed by atoms with Crippen LogP contribution in [0, 0.1) is 5.82 Å². The number of aliphatic hydroxyl groups excluding tert-OH is 1.